The van der Waals surface area contributed by atoms with Crippen LogP contribution in [0.1, 0.15) is 13.3 Å². The molecular formula is C11H19NO3. The summed E-state index contributed by atoms with van der Waals surface area (Å²) in [7, 11) is 1.72. The van der Waals surface area contributed by atoms with Crippen LogP contribution in [-0.2, 0) is 14.3 Å². The van der Waals surface area contributed by atoms with Gasteiger partial charge in [-0.3, -0.25) is 4.90 Å². The largest absolute Gasteiger partial charge is 0.463 e. The molecule has 0 N–H and O–H groups in total. The minimum Gasteiger partial charge on any atom is -0.463 e. The van der Waals surface area contributed by atoms with Crippen molar-refractivity contribution in [2.24, 2.45) is 0 Å². The zero-order valence-electron chi connectivity index (χ0n) is 9.49. The smallest absolute Gasteiger partial charge is 0.334 e. The molecule has 0 aromatic heterocycles. The molecule has 0 spiro atoms. The van der Waals surface area contributed by atoms with Gasteiger partial charge in [-0.05, 0) is 13.3 Å². The van der Waals surface area contributed by atoms with Crippen molar-refractivity contribution in [2.75, 3.05) is 33.4 Å². The molecule has 0 bridgehead atoms. The summed E-state index contributed by atoms with van der Waals surface area (Å²) in [6.45, 7) is 8.33. The Kier molecular flexibility index (Phi) is 4.78. The van der Waals surface area contributed by atoms with E-state index in [1.807, 2.05) is 0 Å². The lowest BCUT2D eigenvalue weighted by Gasteiger charge is -2.16. The van der Waals surface area contributed by atoms with Crippen molar-refractivity contribution in [2.45, 2.75) is 19.4 Å². The van der Waals surface area contributed by atoms with Gasteiger partial charge in [-0.15, -0.1) is 0 Å². The third-order valence-electron chi connectivity index (χ3n) is 2.54. The highest BCUT2D eigenvalue weighted by Crippen LogP contribution is 2.13. The van der Waals surface area contributed by atoms with Gasteiger partial charge in [0.15, 0.2) is 0 Å². The number of hydrogen-bond donors (Lipinski definition) is 0. The number of likely N-dealkylation sites (tertiary alicyclic amines) is 1. The Morgan fingerprint density at radius 2 is 2.33 bits per heavy atom. The lowest BCUT2D eigenvalue weighted by atomic mass is 10.3. The minimum atomic E-state index is -0.293. The highest BCUT2D eigenvalue weighted by Gasteiger charge is 2.23. The first-order chi connectivity index (χ1) is 7.17. The van der Waals surface area contributed by atoms with Crippen molar-refractivity contribution in [3.63, 3.8) is 0 Å². The summed E-state index contributed by atoms with van der Waals surface area (Å²) in [6.07, 6.45) is 1.31. The fourth-order valence-electron chi connectivity index (χ4n) is 1.70. The molecule has 15 heavy (non-hydrogen) atoms. The Hall–Kier alpha value is -0.870. The van der Waals surface area contributed by atoms with Crippen molar-refractivity contribution < 1.29 is 14.3 Å². The number of hydrogen-bond acceptors (Lipinski definition) is 4. The van der Waals surface area contributed by atoms with E-state index in [1.165, 1.54) is 0 Å². The molecule has 1 unspecified atom stereocenters. The maximum atomic E-state index is 11.3. The molecule has 4 heteroatoms. The van der Waals surface area contributed by atoms with Gasteiger partial charge < -0.3 is 9.47 Å². The summed E-state index contributed by atoms with van der Waals surface area (Å²) >= 11 is 0. The molecule has 1 saturated heterocycles. The van der Waals surface area contributed by atoms with Crippen molar-refractivity contribution in [3.8, 4) is 0 Å². The maximum Gasteiger partial charge on any atom is 0.334 e. The monoisotopic (exact) mass is 213 g/mol. The normalized spacial score (nSPS) is 21.6. The van der Waals surface area contributed by atoms with Crippen molar-refractivity contribution >= 4 is 5.97 Å². The van der Waals surface area contributed by atoms with Crippen LogP contribution in [0.5, 0.6) is 0 Å². The van der Waals surface area contributed by atoms with Gasteiger partial charge in [0, 0.05) is 32.3 Å². The fraction of sp³-hybridized carbons (Fsp3) is 0.727. The second-order valence-corrected chi connectivity index (χ2v) is 3.71. The third-order valence-corrected chi connectivity index (χ3v) is 2.54. The van der Waals surface area contributed by atoms with Gasteiger partial charge in [-0.25, -0.2) is 4.79 Å². The SMILES string of the molecule is C=C(CN1CCC(OC)C1)C(=O)OCC. The molecule has 1 heterocycles. The van der Waals surface area contributed by atoms with Crippen LogP contribution in [-0.4, -0.2) is 50.3 Å². The van der Waals surface area contributed by atoms with Crippen molar-refractivity contribution in [1.82, 2.24) is 4.90 Å². The van der Waals surface area contributed by atoms with E-state index in [0.717, 1.165) is 19.5 Å². The second-order valence-electron chi connectivity index (χ2n) is 3.71. The summed E-state index contributed by atoms with van der Waals surface area (Å²) in [5.74, 6) is -0.293. The molecule has 86 valence electrons. The maximum absolute atomic E-state index is 11.3. The van der Waals surface area contributed by atoms with Gasteiger partial charge in [-0.1, -0.05) is 6.58 Å². The number of methoxy groups -OCH3 is 1. The summed E-state index contributed by atoms with van der Waals surface area (Å²) in [6, 6.07) is 0. The van der Waals surface area contributed by atoms with Gasteiger partial charge in [0.2, 0.25) is 0 Å². The van der Waals surface area contributed by atoms with Crippen LogP contribution in [0, 0.1) is 0 Å². The highest BCUT2D eigenvalue weighted by molar-refractivity contribution is 5.88. The highest BCUT2D eigenvalue weighted by atomic mass is 16.5. The lowest BCUT2D eigenvalue weighted by Crippen LogP contribution is -2.27. The number of rotatable bonds is 5. The minimum absolute atomic E-state index is 0.292. The fourth-order valence-corrected chi connectivity index (χ4v) is 1.70. The third kappa shape index (κ3) is 3.64. The number of esters is 1. The molecule has 0 aromatic rings. The van der Waals surface area contributed by atoms with Crippen LogP contribution in [0.4, 0.5) is 0 Å². The molecule has 0 aromatic carbocycles. The van der Waals surface area contributed by atoms with Gasteiger partial charge in [0.25, 0.3) is 0 Å². The zero-order chi connectivity index (χ0) is 11.3. The van der Waals surface area contributed by atoms with E-state index < -0.39 is 0 Å². The van der Waals surface area contributed by atoms with Crippen LogP contribution in [0.25, 0.3) is 0 Å². The van der Waals surface area contributed by atoms with Crippen LogP contribution in [0.15, 0.2) is 12.2 Å². The topological polar surface area (TPSA) is 38.8 Å². The number of ether oxygens (including phenoxy) is 2. The quantitative estimate of drug-likeness (QED) is 0.501. The molecule has 1 aliphatic rings. The van der Waals surface area contributed by atoms with E-state index in [-0.39, 0.29) is 5.97 Å². The standard InChI is InChI=1S/C11H19NO3/c1-4-15-11(13)9(2)7-12-6-5-10(8-12)14-3/h10H,2,4-8H2,1,3H3. The predicted molar refractivity (Wildman–Crippen MR) is 57.6 cm³/mol. The Labute approximate surface area is 90.8 Å². The van der Waals surface area contributed by atoms with E-state index in [9.17, 15) is 4.79 Å². The average Bonchev–Trinajstić information content (AvgIpc) is 2.66. The molecule has 1 atom stereocenters. The number of carbonyl (C=O) groups excluding carboxylic acids is 1. The first-order valence-electron chi connectivity index (χ1n) is 5.27. The number of carbonyl (C=O) groups is 1. The van der Waals surface area contributed by atoms with E-state index in [1.54, 1.807) is 14.0 Å². The Morgan fingerprint density at radius 3 is 2.87 bits per heavy atom. The van der Waals surface area contributed by atoms with Gasteiger partial charge in [-0.2, -0.15) is 0 Å². The van der Waals surface area contributed by atoms with Crippen molar-refractivity contribution in [3.05, 3.63) is 12.2 Å². The van der Waals surface area contributed by atoms with E-state index in [0.29, 0.717) is 24.8 Å². The molecule has 0 aliphatic carbocycles. The van der Waals surface area contributed by atoms with E-state index >= 15 is 0 Å². The molecular weight excluding hydrogens is 194 g/mol. The summed E-state index contributed by atoms with van der Waals surface area (Å²) in [4.78, 5) is 13.5. The van der Waals surface area contributed by atoms with E-state index in [2.05, 4.69) is 11.5 Å². The van der Waals surface area contributed by atoms with Gasteiger partial charge in [0.05, 0.1) is 12.7 Å². The van der Waals surface area contributed by atoms with Crippen LogP contribution in [0.3, 0.4) is 0 Å². The summed E-state index contributed by atoms with van der Waals surface area (Å²) in [5, 5.41) is 0. The molecule has 0 radical (unpaired) electrons. The van der Waals surface area contributed by atoms with Crippen LogP contribution >= 0.6 is 0 Å². The van der Waals surface area contributed by atoms with Crippen LogP contribution in [0.2, 0.25) is 0 Å². The molecule has 1 aliphatic heterocycles. The lowest BCUT2D eigenvalue weighted by molar-refractivity contribution is -0.138. The Morgan fingerprint density at radius 1 is 1.60 bits per heavy atom. The van der Waals surface area contributed by atoms with Crippen molar-refractivity contribution in [1.29, 1.82) is 0 Å². The second kappa shape index (κ2) is 5.88. The Bertz CT molecular complexity index is 240. The van der Waals surface area contributed by atoms with Crippen LogP contribution < -0.4 is 0 Å². The molecule has 0 amide bonds. The summed E-state index contributed by atoms with van der Waals surface area (Å²) < 4.78 is 10.1. The first kappa shape index (κ1) is 12.2. The summed E-state index contributed by atoms with van der Waals surface area (Å²) in [5.41, 5.74) is 0.522. The first-order valence-corrected chi connectivity index (χ1v) is 5.27. The zero-order valence-corrected chi connectivity index (χ0v) is 9.49. The predicted octanol–water partition coefficient (Wildman–Crippen LogP) is 0.826. The molecule has 1 fully saturated rings. The Balaban J connectivity index is 2.30. The molecule has 1 rings (SSSR count). The van der Waals surface area contributed by atoms with Gasteiger partial charge in [0.1, 0.15) is 0 Å². The molecule has 0 saturated carbocycles. The average molecular weight is 213 g/mol. The van der Waals surface area contributed by atoms with Gasteiger partial charge >= 0.3 is 5.97 Å². The number of nitrogens with zero attached hydrogens (tertiary/aromatic N) is 1. The molecule has 4 nitrogen and oxygen atoms in total. The van der Waals surface area contributed by atoms with E-state index in [4.69, 9.17) is 9.47 Å².